The molecular weight excluding hydrogens is 409 g/mol. The maximum atomic E-state index is 12.5. The van der Waals surface area contributed by atoms with Gasteiger partial charge in [-0.15, -0.1) is 24.8 Å². The molecule has 1 aliphatic rings. The maximum absolute atomic E-state index is 12.5. The molecule has 2 aromatic carbocycles. The Hall–Kier alpha value is -1.63. The van der Waals surface area contributed by atoms with Gasteiger partial charge in [0.05, 0.1) is 19.3 Å². The van der Waals surface area contributed by atoms with Crippen LogP contribution < -0.4 is 11.1 Å². The fraction of sp³-hybridized carbons (Fsp3) is 0.409. The van der Waals surface area contributed by atoms with E-state index in [1.54, 1.807) is 0 Å². The highest BCUT2D eigenvalue weighted by Gasteiger charge is 2.23. The Labute approximate surface area is 185 Å². The topological polar surface area (TPSA) is 67.6 Å². The number of aryl methyl sites for hydroxylation is 1. The van der Waals surface area contributed by atoms with E-state index in [1.165, 1.54) is 11.1 Å². The second-order valence-corrected chi connectivity index (χ2v) is 7.10. The van der Waals surface area contributed by atoms with Gasteiger partial charge in [0, 0.05) is 32.1 Å². The lowest BCUT2D eigenvalue weighted by Crippen LogP contribution is -2.44. The number of nitrogens with one attached hydrogen (secondary N) is 1. The Morgan fingerprint density at radius 3 is 2.28 bits per heavy atom. The molecule has 7 heteroatoms. The highest BCUT2D eigenvalue weighted by molar-refractivity contribution is 5.85. The number of rotatable bonds is 7. The van der Waals surface area contributed by atoms with E-state index in [0.29, 0.717) is 6.54 Å². The van der Waals surface area contributed by atoms with Gasteiger partial charge in [0.2, 0.25) is 5.91 Å². The van der Waals surface area contributed by atoms with Crippen LogP contribution in [0.1, 0.15) is 35.2 Å². The van der Waals surface area contributed by atoms with Gasteiger partial charge in [-0.05, 0) is 18.1 Å². The van der Waals surface area contributed by atoms with Gasteiger partial charge < -0.3 is 15.8 Å². The van der Waals surface area contributed by atoms with Crippen LogP contribution in [0.15, 0.2) is 54.6 Å². The number of ether oxygens (including phenoxy) is 1. The average molecular weight is 440 g/mol. The number of nitrogens with two attached hydrogens (primary N) is 1. The van der Waals surface area contributed by atoms with E-state index in [4.69, 9.17) is 10.5 Å². The molecule has 0 radical (unpaired) electrons. The SMILES string of the molecule is Cc1ccc(C(CNC(=O)CC(N)c2ccccc2)N2CCOCC2)cc1.Cl.Cl. The molecule has 3 rings (SSSR count). The molecule has 0 spiro atoms. The standard InChI is InChI=1S/C22H29N3O2.2ClH/c1-17-7-9-19(10-8-17)21(25-11-13-27-14-12-25)16-24-22(26)15-20(23)18-5-3-2-4-6-18;;/h2-10,20-21H,11-16,23H2,1H3,(H,24,26);2*1H. The summed E-state index contributed by atoms with van der Waals surface area (Å²) in [6.07, 6.45) is 0.285. The molecule has 160 valence electrons. The van der Waals surface area contributed by atoms with Gasteiger partial charge in [0.1, 0.15) is 0 Å². The van der Waals surface area contributed by atoms with Crippen molar-refractivity contribution >= 4 is 30.7 Å². The van der Waals surface area contributed by atoms with E-state index < -0.39 is 0 Å². The van der Waals surface area contributed by atoms with Crippen LogP contribution in [-0.4, -0.2) is 43.7 Å². The summed E-state index contributed by atoms with van der Waals surface area (Å²) in [5.74, 6) is -0.0169. The highest BCUT2D eigenvalue weighted by atomic mass is 35.5. The Kier molecular flexibility index (Phi) is 11.2. The first kappa shape index (κ1) is 25.4. The van der Waals surface area contributed by atoms with Crippen LogP contribution >= 0.6 is 24.8 Å². The predicted molar refractivity (Wildman–Crippen MR) is 122 cm³/mol. The summed E-state index contributed by atoms with van der Waals surface area (Å²) in [6, 6.07) is 18.2. The minimum Gasteiger partial charge on any atom is -0.379 e. The third-order valence-electron chi connectivity index (χ3n) is 5.07. The smallest absolute Gasteiger partial charge is 0.221 e. The zero-order valence-corrected chi connectivity index (χ0v) is 18.4. The summed E-state index contributed by atoms with van der Waals surface area (Å²) in [7, 11) is 0. The molecule has 1 fully saturated rings. The van der Waals surface area contributed by atoms with Gasteiger partial charge in [-0.2, -0.15) is 0 Å². The lowest BCUT2D eigenvalue weighted by atomic mass is 10.0. The minimum absolute atomic E-state index is 0. The van der Waals surface area contributed by atoms with Crippen molar-refractivity contribution in [2.45, 2.75) is 25.4 Å². The van der Waals surface area contributed by atoms with Gasteiger partial charge in [-0.25, -0.2) is 0 Å². The van der Waals surface area contributed by atoms with E-state index >= 15 is 0 Å². The second-order valence-electron chi connectivity index (χ2n) is 7.10. The number of hydrogen-bond donors (Lipinski definition) is 2. The first-order chi connectivity index (χ1) is 13.1. The summed E-state index contributed by atoms with van der Waals surface area (Å²) < 4.78 is 5.49. The van der Waals surface area contributed by atoms with Gasteiger partial charge in [0.25, 0.3) is 0 Å². The molecule has 5 nitrogen and oxygen atoms in total. The summed E-state index contributed by atoms with van der Waals surface area (Å²) in [6.45, 7) is 5.87. The van der Waals surface area contributed by atoms with Gasteiger partial charge >= 0.3 is 0 Å². The molecule has 2 unspecified atom stereocenters. The lowest BCUT2D eigenvalue weighted by molar-refractivity contribution is -0.121. The van der Waals surface area contributed by atoms with Crippen molar-refractivity contribution in [3.8, 4) is 0 Å². The molecule has 3 N–H and O–H groups in total. The van der Waals surface area contributed by atoms with Crippen molar-refractivity contribution < 1.29 is 9.53 Å². The number of halogens is 2. The zero-order valence-electron chi connectivity index (χ0n) is 16.8. The first-order valence-electron chi connectivity index (χ1n) is 9.59. The first-order valence-corrected chi connectivity index (χ1v) is 9.59. The number of benzene rings is 2. The Morgan fingerprint density at radius 1 is 1.03 bits per heavy atom. The van der Waals surface area contributed by atoms with E-state index in [0.717, 1.165) is 31.9 Å². The van der Waals surface area contributed by atoms with E-state index in [2.05, 4.69) is 41.4 Å². The number of morpholine rings is 1. The van der Waals surface area contributed by atoms with Crippen molar-refractivity contribution in [3.05, 3.63) is 71.3 Å². The van der Waals surface area contributed by atoms with Crippen molar-refractivity contribution in [2.24, 2.45) is 5.73 Å². The summed E-state index contributed by atoms with van der Waals surface area (Å²) in [5.41, 5.74) is 9.62. The van der Waals surface area contributed by atoms with Crippen molar-refractivity contribution in [1.29, 1.82) is 0 Å². The molecule has 1 heterocycles. The molecule has 0 saturated carbocycles. The number of carbonyl (C=O) groups is 1. The van der Waals surface area contributed by atoms with Gasteiger partial charge in [0.15, 0.2) is 0 Å². The van der Waals surface area contributed by atoms with Crippen molar-refractivity contribution in [2.75, 3.05) is 32.8 Å². The Bertz CT molecular complexity index is 723. The monoisotopic (exact) mass is 439 g/mol. The molecule has 1 amide bonds. The molecule has 2 aromatic rings. The highest BCUT2D eigenvalue weighted by Crippen LogP contribution is 2.22. The largest absolute Gasteiger partial charge is 0.379 e. The Balaban J connectivity index is 0.00000210. The third kappa shape index (κ3) is 7.61. The van der Waals surface area contributed by atoms with Crippen LogP contribution in [0, 0.1) is 6.92 Å². The number of hydrogen-bond acceptors (Lipinski definition) is 4. The van der Waals surface area contributed by atoms with Crippen LogP contribution in [-0.2, 0) is 9.53 Å². The Morgan fingerprint density at radius 2 is 1.66 bits per heavy atom. The van der Waals surface area contributed by atoms with E-state index in [9.17, 15) is 4.79 Å². The van der Waals surface area contributed by atoms with E-state index in [-0.39, 0.29) is 49.2 Å². The summed E-state index contributed by atoms with van der Waals surface area (Å²) >= 11 is 0. The molecule has 0 aliphatic carbocycles. The van der Waals surface area contributed by atoms with E-state index in [1.807, 2.05) is 30.3 Å². The molecule has 0 bridgehead atoms. The third-order valence-corrected chi connectivity index (χ3v) is 5.07. The van der Waals surface area contributed by atoms with Crippen LogP contribution in [0.25, 0.3) is 0 Å². The quantitative estimate of drug-likeness (QED) is 0.693. The molecule has 29 heavy (non-hydrogen) atoms. The van der Waals surface area contributed by atoms with Crippen LogP contribution in [0.3, 0.4) is 0 Å². The van der Waals surface area contributed by atoms with Crippen LogP contribution in [0.2, 0.25) is 0 Å². The number of carbonyl (C=O) groups excluding carboxylic acids is 1. The van der Waals surface area contributed by atoms with Gasteiger partial charge in [-0.1, -0.05) is 60.2 Å². The lowest BCUT2D eigenvalue weighted by Gasteiger charge is -2.35. The number of nitrogens with zero attached hydrogens (tertiary/aromatic N) is 1. The second kappa shape index (κ2) is 12.8. The predicted octanol–water partition coefficient (Wildman–Crippen LogP) is 3.42. The molecular formula is C22H31Cl2N3O2. The number of amides is 1. The fourth-order valence-electron chi connectivity index (χ4n) is 3.44. The van der Waals surface area contributed by atoms with Crippen LogP contribution in [0.5, 0.6) is 0 Å². The molecule has 0 aromatic heterocycles. The zero-order chi connectivity index (χ0) is 19.1. The fourth-order valence-corrected chi connectivity index (χ4v) is 3.44. The van der Waals surface area contributed by atoms with Crippen molar-refractivity contribution in [1.82, 2.24) is 10.2 Å². The normalized spacial score (nSPS) is 16.1. The average Bonchev–Trinajstić information content (AvgIpc) is 2.71. The molecule has 2 atom stereocenters. The van der Waals surface area contributed by atoms with Crippen LogP contribution in [0.4, 0.5) is 0 Å². The summed E-state index contributed by atoms with van der Waals surface area (Å²) in [5, 5.41) is 3.09. The molecule has 1 saturated heterocycles. The summed E-state index contributed by atoms with van der Waals surface area (Å²) in [4.78, 5) is 14.8. The minimum atomic E-state index is -0.285. The van der Waals surface area contributed by atoms with Gasteiger partial charge in [-0.3, -0.25) is 9.69 Å². The van der Waals surface area contributed by atoms with Crippen molar-refractivity contribution in [3.63, 3.8) is 0 Å². The molecule has 1 aliphatic heterocycles. The maximum Gasteiger partial charge on any atom is 0.221 e.